The maximum atomic E-state index is 12.0. The number of nitrogens with two attached hydrogens (primary N) is 1. The molecule has 7 nitrogen and oxygen atoms in total. The molecule has 7 heteroatoms. The van der Waals surface area contributed by atoms with E-state index in [0.29, 0.717) is 5.69 Å². The number of nitrogens with zero attached hydrogens (tertiary/aromatic N) is 3. The van der Waals surface area contributed by atoms with E-state index in [2.05, 4.69) is 25.2 Å². The lowest BCUT2D eigenvalue weighted by molar-refractivity contribution is 0.101. The number of rotatable bonds is 2. The monoisotopic (exact) mass is 255 g/mol. The van der Waals surface area contributed by atoms with Gasteiger partial charge in [-0.15, -0.1) is 0 Å². The largest absolute Gasteiger partial charge is 0.379 e. The summed E-state index contributed by atoms with van der Waals surface area (Å²) in [4.78, 5) is 16.2. The first kappa shape index (κ1) is 11.1. The Hall–Kier alpha value is -2.96. The van der Waals surface area contributed by atoms with Crippen LogP contribution in [-0.2, 0) is 0 Å². The molecule has 3 N–H and O–H groups in total. The standard InChI is InChI=1S/C12H9N5O2/c13-11-10(16-19-17-11)12(18)15-9-5-1-4-8-7(9)3-2-6-14-8/h1-6H,(H2,13,17)(H,15,18). The Morgan fingerprint density at radius 1 is 1.21 bits per heavy atom. The van der Waals surface area contributed by atoms with Crippen molar-refractivity contribution in [2.75, 3.05) is 11.1 Å². The normalized spacial score (nSPS) is 10.5. The van der Waals surface area contributed by atoms with Crippen molar-refractivity contribution in [1.82, 2.24) is 15.3 Å². The Balaban J connectivity index is 1.98. The van der Waals surface area contributed by atoms with Crippen molar-refractivity contribution < 1.29 is 9.42 Å². The van der Waals surface area contributed by atoms with E-state index in [1.54, 1.807) is 24.4 Å². The van der Waals surface area contributed by atoms with Crippen LogP contribution in [0.15, 0.2) is 41.2 Å². The highest BCUT2D eigenvalue weighted by atomic mass is 16.6. The van der Waals surface area contributed by atoms with E-state index < -0.39 is 5.91 Å². The maximum absolute atomic E-state index is 12.0. The molecule has 1 aromatic carbocycles. The average molecular weight is 255 g/mol. The number of amides is 1. The van der Waals surface area contributed by atoms with Crippen molar-refractivity contribution in [3.63, 3.8) is 0 Å². The third-order valence-electron chi connectivity index (χ3n) is 2.62. The van der Waals surface area contributed by atoms with E-state index >= 15 is 0 Å². The van der Waals surface area contributed by atoms with Gasteiger partial charge in [-0.1, -0.05) is 6.07 Å². The van der Waals surface area contributed by atoms with Gasteiger partial charge in [0, 0.05) is 11.6 Å². The van der Waals surface area contributed by atoms with Crippen LogP contribution in [0.5, 0.6) is 0 Å². The van der Waals surface area contributed by atoms with Crippen LogP contribution < -0.4 is 11.1 Å². The van der Waals surface area contributed by atoms with Crippen LogP contribution in [0, 0.1) is 0 Å². The topological polar surface area (TPSA) is 107 Å². The Bertz CT molecular complexity index is 747. The van der Waals surface area contributed by atoms with Gasteiger partial charge in [0.15, 0.2) is 0 Å². The molecule has 2 heterocycles. The van der Waals surface area contributed by atoms with Crippen molar-refractivity contribution in [1.29, 1.82) is 0 Å². The Labute approximate surface area is 107 Å². The second-order valence-corrected chi connectivity index (χ2v) is 3.83. The number of benzene rings is 1. The Morgan fingerprint density at radius 3 is 2.89 bits per heavy atom. The van der Waals surface area contributed by atoms with E-state index in [-0.39, 0.29) is 11.5 Å². The van der Waals surface area contributed by atoms with Crippen LogP contribution in [0.3, 0.4) is 0 Å². The highest BCUT2D eigenvalue weighted by molar-refractivity contribution is 6.09. The fourth-order valence-corrected chi connectivity index (χ4v) is 1.75. The van der Waals surface area contributed by atoms with Crippen molar-refractivity contribution in [2.24, 2.45) is 0 Å². The van der Waals surface area contributed by atoms with Crippen LogP contribution in [0.1, 0.15) is 10.5 Å². The summed E-state index contributed by atoms with van der Waals surface area (Å²) < 4.78 is 4.39. The van der Waals surface area contributed by atoms with Crippen LogP contribution in [0.2, 0.25) is 0 Å². The van der Waals surface area contributed by atoms with Crippen molar-refractivity contribution in [3.8, 4) is 0 Å². The fourth-order valence-electron chi connectivity index (χ4n) is 1.75. The summed E-state index contributed by atoms with van der Waals surface area (Å²) in [6.45, 7) is 0. The third-order valence-corrected chi connectivity index (χ3v) is 2.62. The van der Waals surface area contributed by atoms with Crippen LogP contribution in [-0.4, -0.2) is 21.2 Å². The van der Waals surface area contributed by atoms with Crippen LogP contribution >= 0.6 is 0 Å². The highest BCUT2D eigenvalue weighted by Crippen LogP contribution is 2.22. The van der Waals surface area contributed by atoms with Gasteiger partial charge < -0.3 is 11.1 Å². The number of hydrogen-bond acceptors (Lipinski definition) is 6. The zero-order valence-electron chi connectivity index (χ0n) is 9.70. The Morgan fingerprint density at radius 2 is 2.11 bits per heavy atom. The highest BCUT2D eigenvalue weighted by Gasteiger charge is 2.16. The van der Waals surface area contributed by atoms with E-state index in [4.69, 9.17) is 5.73 Å². The molecule has 3 rings (SSSR count). The summed E-state index contributed by atoms with van der Waals surface area (Å²) in [5.74, 6) is -0.522. The molecule has 19 heavy (non-hydrogen) atoms. The SMILES string of the molecule is Nc1nonc1C(=O)Nc1cccc2ncccc12. The molecular formula is C12H9N5O2. The smallest absolute Gasteiger partial charge is 0.281 e. The van der Waals surface area contributed by atoms with Gasteiger partial charge in [0.05, 0.1) is 11.2 Å². The zero-order chi connectivity index (χ0) is 13.2. The summed E-state index contributed by atoms with van der Waals surface area (Å²) in [6, 6.07) is 9.09. The third kappa shape index (κ3) is 1.97. The van der Waals surface area contributed by atoms with Gasteiger partial charge in [0.2, 0.25) is 11.5 Å². The van der Waals surface area contributed by atoms with Crippen LogP contribution in [0.25, 0.3) is 10.9 Å². The van der Waals surface area contributed by atoms with Gasteiger partial charge in [0.1, 0.15) is 0 Å². The van der Waals surface area contributed by atoms with E-state index in [1.807, 2.05) is 12.1 Å². The molecule has 0 radical (unpaired) electrons. The number of pyridine rings is 1. The molecule has 0 saturated carbocycles. The second-order valence-electron chi connectivity index (χ2n) is 3.83. The van der Waals surface area contributed by atoms with Crippen LogP contribution in [0.4, 0.5) is 11.5 Å². The molecule has 94 valence electrons. The first-order valence-corrected chi connectivity index (χ1v) is 5.49. The number of carbonyl (C=O) groups is 1. The lowest BCUT2D eigenvalue weighted by Gasteiger charge is -2.06. The zero-order valence-corrected chi connectivity index (χ0v) is 9.70. The van der Waals surface area contributed by atoms with Gasteiger partial charge in [-0.25, -0.2) is 4.63 Å². The minimum absolute atomic E-state index is 0.0408. The summed E-state index contributed by atoms with van der Waals surface area (Å²) in [5, 5.41) is 10.3. The molecular weight excluding hydrogens is 246 g/mol. The van der Waals surface area contributed by atoms with E-state index in [9.17, 15) is 4.79 Å². The summed E-state index contributed by atoms with van der Waals surface area (Å²) in [7, 11) is 0. The summed E-state index contributed by atoms with van der Waals surface area (Å²) in [6.07, 6.45) is 1.69. The molecule has 2 aromatic heterocycles. The minimum Gasteiger partial charge on any atom is -0.379 e. The second kappa shape index (κ2) is 4.37. The number of carbonyl (C=O) groups excluding carboxylic acids is 1. The summed E-state index contributed by atoms with van der Waals surface area (Å²) in [5.41, 5.74) is 6.83. The first-order valence-electron chi connectivity index (χ1n) is 5.49. The van der Waals surface area contributed by atoms with Gasteiger partial charge in [-0.3, -0.25) is 9.78 Å². The van der Waals surface area contributed by atoms with Crippen molar-refractivity contribution >= 4 is 28.3 Å². The lowest BCUT2D eigenvalue weighted by Crippen LogP contribution is -2.14. The fraction of sp³-hybridized carbons (Fsp3) is 0. The van der Waals surface area contributed by atoms with Gasteiger partial charge in [0.25, 0.3) is 5.91 Å². The number of anilines is 2. The maximum Gasteiger partial charge on any atom is 0.281 e. The molecule has 0 saturated heterocycles. The molecule has 3 aromatic rings. The molecule has 0 unspecified atom stereocenters. The molecule has 1 amide bonds. The number of hydrogen-bond donors (Lipinski definition) is 2. The van der Waals surface area contributed by atoms with Crippen molar-refractivity contribution in [3.05, 3.63) is 42.2 Å². The predicted molar refractivity (Wildman–Crippen MR) is 68.4 cm³/mol. The summed E-state index contributed by atoms with van der Waals surface area (Å²) >= 11 is 0. The number of aromatic nitrogens is 3. The van der Waals surface area contributed by atoms with E-state index in [0.717, 1.165) is 10.9 Å². The number of nitrogen functional groups attached to an aromatic ring is 1. The van der Waals surface area contributed by atoms with E-state index in [1.165, 1.54) is 0 Å². The number of fused-ring (bicyclic) bond motifs is 1. The van der Waals surface area contributed by atoms with Crippen molar-refractivity contribution in [2.45, 2.75) is 0 Å². The molecule has 0 spiro atoms. The lowest BCUT2D eigenvalue weighted by atomic mass is 10.2. The molecule has 0 aliphatic carbocycles. The first-order chi connectivity index (χ1) is 9.25. The van der Waals surface area contributed by atoms with Gasteiger partial charge in [-0.2, -0.15) is 0 Å². The van der Waals surface area contributed by atoms with Gasteiger partial charge >= 0.3 is 0 Å². The quantitative estimate of drug-likeness (QED) is 0.717. The molecule has 0 aliphatic rings. The molecule has 0 fully saturated rings. The van der Waals surface area contributed by atoms with Gasteiger partial charge in [-0.05, 0) is 34.6 Å². The predicted octanol–water partition coefficient (Wildman–Crippen LogP) is 1.45. The number of nitrogens with one attached hydrogen (secondary N) is 1. The Kier molecular flexibility index (Phi) is 2.57. The minimum atomic E-state index is -0.477. The average Bonchev–Trinajstić information content (AvgIpc) is 2.85. The molecule has 0 atom stereocenters. The molecule has 0 bridgehead atoms. The molecule has 0 aliphatic heterocycles.